The fourth-order valence-corrected chi connectivity index (χ4v) is 4.85. The van der Waals surface area contributed by atoms with Crippen molar-refractivity contribution >= 4 is 15.8 Å². The van der Waals surface area contributed by atoms with E-state index in [-0.39, 0.29) is 17.5 Å². The molecule has 1 aliphatic rings. The van der Waals surface area contributed by atoms with Gasteiger partial charge in [0.2, 0.25) is 15.9 Å². The predicted molar refractivity (Wildman–Crippen MR) is 111 cm³/mol. The van der Waals surface area contributed by atoms with E-state index < -0.39 is 10.0 Å². The van der Waals surface area contributed by atoms with Crippen LogP contribution in [-0.2, 0) is 10.0 Å². The number of hydrogen-bond donors (Lipinski definition) is 0. The average molecular weight is 421 g/mol. The molecule has 158 valence electrons. The Labute approximate surface area is 172 Å². The first-order chi connectivity index (χ1) is 13.8. The summed E-state index contributed by atoms with van der Waals surface area (Å²) in [7, 11) is 0.168. The second-order valence-corrected chi connectivity index (χ2v) is 9.17. The molecule has 1 aromatic heterocycles. The van der Waals surface area contributed by atoms with Gasteiger partial charge in [0, 0.05) is 26.7 Å². The van der Waals surface area contributed by atoms with Crippen LogP contribution in [0.2, 0.25) is 0 Å². The van der Waals surface area contributed by atoms with E-state index in [9.17, 15) is 8.42 Å². The zero-order chi connectivity index (χ0) is 21.0. The molecule has 1 aromatic carbocycles. The van der Waals surface area contributed by atoms with Crippen LogP contribution >= 0.6 is 0 Å². The highest BCUT2D eigenvalue weighted by molar-refractivity contribution is 7.89. The largest absolute Gasteiger partial charge is 0.494 e. The summed E-state index contributed by atoms with van der Waals surface area (Å²) < 4.78 is 39.1. The summed E-state index contributed by atoms with van der Waals surface area (Å²) in [5.74, 6) is 1.83. The lowest BCUT2D eigenvalue weighted by atomic mass is 10.1. The van der Waals surface area contributed by atoms with Gasteiger partial charge in [-0.25, -0.2) is 8.42 Å². The molecule has 1 atom stereocenters. The van der Waals surface area contributed by atoms with Gasteiger partial charge in [0.1, 0.15) is 11.9 Å². The summed E-state index contributed by atoms with van der Waals surface area (Å²) in [6.07, 6.45) is 1.23. The normalized spacial score (nSPS) is 17.7. The van der Waals surface area contributed by atoms with Crippen molar-refractivity contribution in [2.24, 2.45) is 0 Å². The topological polar surface area (TPSA) is 84.9 Å². The van der Waals surface area contributed by atoms with Gasteiger partial charge in [-0.3, -0.25) is 0 Å². The van der Waals surface area contributed by atoms with Crippen molar-refractivity contribution in [1.29, 1.82) is 0 Å². The Bertz CT molecular complexity index is 932. The van der Waals surface area contributed by atoms with Crippen molar-refractivity contribution < 1.29 is 17.9 Å². The van der Waals surface area contributed by atoms with E-state index in [1.54, 1.807) is 24.3 Å². The van der Waals surface area contributed by atoms with Crippen LogP contribution in [0, 0.1) is 6.92 Å². The van der Waals surface area contributed by atoms with E-state index in [0.29, 0.717) is 24.8 Å². The molecular weight excluding hydrogens is 392 g/mol. The average Bonchev–Trinajstić information content (AvgIpc) is 2.70. The third kappa shape index (κ3) is 4.97. The highest BCUT2D eigenvalue weighted by atomic mass is 32.2. The van der Waals surface area contributed by atoms with Crippen LogP contribution in [0.1, 0.15) is 25.3 Å². The van der Waals surface area contributed by atoms with Gasteiger partial charge in [0.15, 0.2) is 5.82 Å². The molecule has 3 rings (SSSR count). The number of rotatable bonds is 7. The molecule has 0 N–H and O–H groups in total. The molecule has 0 saturated carbocycles. The van der Waals surface area contributed by atoms with Gasteiger partial charge in [0.05, 0.1) is 18.0 Å². The number of ether oxygens (including phenoxy) is 2. The minimum atomic E-state index is -3.60. The molecule has 1 unspecified atom stereocenters. The van der Waals surface area contributed by atoms with Crippen LogP contribution in [0.3, 0.4) is 0 Å². The molecule has 2 heterocycles. The second-order valence-electron chi connectivity index (χ2n) is 7.23. The van der Waals surface area contributed by atoms with Gasteiger partial charge in [-0.1, -0.05) is 0 Å². The van der Waals surface area contributed by atoms with Crippen LogP contribution in [0.15, 0.2) is 35.2 Å². The van der Waals surface area contributed by atoms with Crippen molar-refractivity contribution in [3.8, 4) is 11.6 Å². The smallest absolute Gasteiger partial charge is 0.243 e. The maximum Gasteiger partial charge on any atom is 0.243 e. The van der Waals surface area contributed by atoms with Gasteiger partial charge in [-0.05, 0) is 56.5 Å². The summed E-state index contributed by atoms with van der Waals surface area (Å²) in [6, 6.07) is 8.55. The molecule has 1 aliphatic heterocycles. The third-order valence-corrected chi connectivity index (χ3v) is 6.66. The van der Waals surface area contributed by atoms with E-state index in [2.05, 4.69) is 10.2 Å². The molecule has 0 amide bonds. The highest BCUT2D eigenvalue weighted by Crippen LogP contribution is 2.27. The number of nitrogens with zero attached hydrogens (tertiary/aromatic N) is 4. The molecule has 0 aliphatic carbocycles. The van der Waals surface area contributed by atoms with Crippen LogP contribution in [0.4, 0.5) is 5.82 Å². The van der Waals surface area contributed by atoms with Crippen LogP contribution < -0.4 is 14.4 Å². The number of hydrogen-bond acceptors (Lipinski definition) is 7. The fourth-order valence-electron chi connectivity index (χ4n) is 3.25. The van der Waals surface area contributed by atoms with Crippen LogP contribution in [-0.4, -0.2) is 62.8 Å². The minimum Gasteiger partial charge on any atom is -0.494 e. The number of sulfonamides is 1. The lowest BCUT2D eigenvalue weighted by Crippen LogP contribution is -2.44. The van der Waals surface area contributed by atoms with Crippen molar-refractivity contribution in [1.82, 2.24) is 14.5 Å². The molecule has 0 radical (unpaired) electrons. The Balaban J connectivity index is 1.71. The number of aryl methyl sites for hydroxylation is 1. The Morgan fingerprint density at radius 1 is 1.21 bits per heavy atom. The molecule has 0 spiro atoms. The van der Waals surface area contributed by atoms with Gasteiger partial charge < -0.3 is 14.4 Å². The third-order valence-electron chi connectivity index (χ3n) is 4.80. The Kier molecular flexibility index (Phi) is 6.59. The van der Waals surface area contributed by atoms with Crippen molar-refractivity contribution in [2.45, 2.75) is 37.7 Å². The first-order valence-electron chi connectivity index (χ1n) is 9.72. The molecule has 8 nitrogen and oxygen atoms in total. The molecular formula is C20H28N4O4S. The van der Waals surface area contributed by atoms with Crippen molar-refractivity contribution in [2.75, 3.05) is 38.7 Å². The zero-order valence-corrected chi connectivity index (χ0v) is 18.1. The van der Waals surface area contributed by atoms with E-state index in [0.717, 1.165) is 24.2 Å². The molecule has 9 heteroatoms. The monoisotopic (exact) mass is 420 g/mol. The first-order valence-corrected chi connectivity index (χ1v) is 11.2. The Hall–Kier alpha value is -2.39. The fraction of sp³-hybridized carbons (Fsp3) is 0.500. The van der Waals surface area contributed by atoms with Crippen molar-refractivity contribution in [3.63, 3.8) is 0 Å². The molecule has 2 aromatic rings. The molecule has 1 saturated heterocycles. The zero-order valence-electron chi connectivity index (χ0n) is 17.3. The van der Waals surface area contributed by atoms with Crippen LogP contribution in [0.5, 0.6) is 11.6 Å². The van der Waals surface area contributed by atoms with E-state index in [1.165, 1.54) is 4.31 Å². The summed E-state index contributed by atoms with van der Waals surface area (Å²) in [6.45, 7) is 5.04. The molecule has 29 heavy (non-hydrogen) atoms. The molecule has 1 fully saturated rings. The highest BCUT2D eigenvalue weighted by Gasteiger charge is 2.31. The number of piperidine rings is 1. The quantitative estimate of drug-likeness (QED) is 0.680. The number of anilines is 1. The lowest BCUT2D eigenvalue weighted by molar-refractivity contribution is 0.123. The minimum absolute atomic E-state index is 0.262. The van der Waals surface area contributed by atoms with Gasteiger partial charge in [0.25, 0.3) is 0 Å². The van der Waals surface area contributed by atoms with E-state index in [1.807, 2.05) is 38.9 Å². The summed E-state index contributed by atoms with van der Waals surface area (Å²) in [5, 5.41) is 8.18. The maximum atomic E-state index is 13.1. The van der Waals surface area contributed by atoms with Crippen LogP contribution in [0.25, 0.3) is 0 Å². The first kappa shape index (κ1) is 21.3. The van der Waals surface area contributed by atoms with E-state index in [4.69, 9.17) is 9.47 Å². The summed E-state index contributed by atoms with van der Waals surface area (Å²) in [5.41, 5.74) is 0.800. The Morgan fingerprint density at radius 3 is 2.62 bits per heavy atom. The van der Waals surface area contributed by atoms with Gasteiger partial charge >= 0.3 is 0 Å². The Morgan fingerprint density at radius 2 is 2.00 bits per heavy atom. The standard InChI is InChI=1S/C20H28N4O4S/c1-5-27-18-9-8-17(13-15(18)2)29(25,26)24-12-6-7-16(14-24)28-20-11-10-19(21-22-20)23(3)4/h8-11,13,16H,5-7,12,14H2,1-4H3. The second kappa shape index (κ2) is 8.96. The predicted octanol–water partition coefficient (Wildman–Crippen LogP) is 2.48. The number of aromatic nitrogens is 2. The van der Waals surface area contributed by atoms with Gasteiger partial charge in [-0.2, -0.15) is 4.31 Å². The maximum absolute atomic E-state index is 13.1. The SMILES string of the molecule is CCOc1ccc(S(=O)(=O)N2CCCC(Oc3ccc(N(C)C)nn3)C2)cc1C. The summed E-state index contributed by atoms with van der Waals surface area (Å²) in [4.78, 5) is 2.12. The summed E-state index contributed by atoms with van der Waals surface area (Å²) >= 11 is 0. The van der Waals surface area contributed by atoms with Crippen molar-refractivity contribution in [3.05, 3.63) is 35.9 Å². The van der Waals surface area contributed by atoms with E-state index >= 15 is 0 Å². The number of benzene rings is 1. The molecule has 0 bridgehead atoms. The van der Waals surface area contributed by atoms with Gasteiger partial charge in [-0.15, -0.1) is 10.2 Å². The lowest BCUT2D eigenvalue weighted by Gasteiger charge is -2.31.